The fourth-order valence-electron chi connectivity index (χ4n) is 3.44. The smallest absolute Gasteiger partial charge is 0.186 e. The van der Waals surface area contributed by atoms with Crippen LogP contribution in [0.1, 0.15) is 55.2 Å². The third-order valence-electron chi connectivity index (χ3n) is 4.97. The molecule has 5 heteroatoms. The van der Waals surface area contributed by atoms with Crippen LogP contribution in [0.4, 0.5) is 5.82 Å². The Bertz CT molecular complexity index is 949. The molecule has 1 aliphatic carbocycles. The van der Waals surface area contributed by atoms with Crippen LogP contribution in [-0.2, 0) is 24.8 Å². The highest BCUT2D eigenvalue weighted by Crippen LogP contribution is 2.39. The first-order chi connectivity index (χ1) is 12.5. The van der Waals surface area contributed by atoms with Crippen LogP contribution in [0.25, 0.3) is 10.2 Å². The van der Waals surface area contributed by atoms with Gasteiger partial charge in [-0.3, -0.25) is 0 Å². The maximum absolute atomic E-state index is 4.46. The largest absolute Gasteiger partial charge is 0.225 e. The van der Waals surface area contributed by atoms with Crippen LogP contribution in [0.2, 0.25) is 0 Å². The molecule has 0 bridgehead atoms. The van der Waals surface area contributed by atoms with Crippen molar-refractivity contribution in [1.29, 1.82) is 0 Å². The van der Waals surface area contributed by atoms with Crippen molar-refractivity contribution in [2.45, 2.75) is 58.4 Å². The standard InChI is InChI=1S/C21H24N4S/c1-21(2,3)15-10-8-14(9-11-15)12-24-25-19-18-16-6-4-5-7-17(16)26-20(18)23-13-22-19/h8-11,13H,4-7,12H2,1-3H3. The van der Waals surface area contributed by atoms with Gasteiger partial charge in [0.05, 0.1) is 11.9 Å². The van der Waals surface area contributed by atoms with Gasteiger partial charge in [-0.15, -0.1) is 16.5 Å². The second kappa shape index (κ2) is 6.88. The van der Waals surface area contributed by atoms with Crippen LogP contribution in [0, 0.1) is 0 Å². The van der Waals surface area contributed by atoms with Gasteiger partial charge in [0.1, 0.15) is 11.2 Å². The summed E-state index contributed by atoms with van der Waals surface area (Å²) in [6.45, 7) is 7.25. The maximum Gasteiger partial charge on any atom is 0.186 e. The first-order valence-corrected chi connectivity index (χ1v) is 10.1. The van der Waals surface area contributed by atoms with Gasteiger partial charge in [-0.2, -0.15) is 5.11 Å². The first kappa shape index (κ1) is 17.3. The van der Waals surface area contributed by atoms with Crippen molar-refractivity contribution in [2.24, 2.45) is 10.2 Å². The summed E-state index contributed by atoms with van der Waals surface area (Å²) in [6, 6.07) is 8.65. The van der Waals surface area contributed by atoms with Gasteiger partial charge >= 0.3 is 0 Å². The van der Waals surface area contributed by atoms with Crippen molar-refractivity contribution >= 4 is 27.4 Å². The van der Waals surface area contributed by atoms with Gasteiger partial charge in [-0.05, 0) is 47.8 Å². The minimum Gasteiger partial charge on any atom is -0.225 e. The number of nitrogens with zero attached hydrogens (tertiary/aromatic N) is 4. The Kier molecular flexibility index (Phi) is 4.57. The quantitative estimate of drug-likeness (QED) is 0.523. The van der Waals surface area contributed by atoms with E-state index >= 15 is 0 Å². The van der Waals surface area contributed by atoms with E-state index in [1.165, 1.54) is 34.4 Å². The number of thiophene rings is 1. The van der Waals surface area contributed by atoms with Crippen molar-refractivity contribution in [3.63, 3.8) is 0 Å². The number of fused-ring (bicyclic) bond motifs is 3. The third kappa shape index (κ3) is 3.40. The molecule has 0 radical (unpaired) electrons. The van der Waals surface area contributed by atoms with Crippen LogP contribution in [-0.4, -0.2) is 9.97 Å². The van der Waals surface area contributed by atoms with E-state index in [-0.39, 0.29) is 5.41 Å². The normalized spacial score (nSPS) is 14.9. The predicted molar refractivity (Wildman–Crippen MR) is 107 cm³/mol. The number of hydrogen-bond acceptors (Lipinski definition) is 5. The second-order valence-electron chi connectivity index (χ2n) is 7.93. The Morgan fingerprint density at radius 3 is 2.58 bits per heavy atom. The van der Waals surface area contributed by atoms with E-state index in [1.807, 2.05) is 0 Å². The van der Waals surface area contributed by atoms with Crippen LogP contribution in [0.15, 0.2) is 40.8 Å². The van der Waals surface area contributed by atoms with E-state index < -0.39 is 0 Å². The Balaban J connectivity index is 1.56. The summed E-state index contributed by atoms with van der Waals surface area (Å²) in [4.78, 5) is 11.4. The molecule has 0 saturated heterocycles. The second-order valence-corrected chi connectivity index (χ2v) is 9.02. The number of benzene rings is 1. The van der Waals surface area contributed by atoms with Gasteiger partial charge in [0, 0.05) is 4.88 Å². The molecule has 0 N–H and O–H groups in total. The molecule has 1 aliphatic rings. The number of azo groups is 1. The topological polar surface area (TPSA) is 50.5 Å². The fourth-order valence-corrected chi connectivity index (χ4v) is 4.67. The summed E-state index contributed by atoms with van der Waals surface area (Å²) >= 11 is 1.79. The Morgan fingerprint density at radius 2 is 1.81 bits per heavy atom. The average molecular weight is 365 g/mol. The molecule has 1 aromatic carbocycles. The number of rotatable bonds is 3. The molecule has 0 atom stereocenters. The van der Waals surface area contributed by atoms with Crippen molar-refractivity contribution < 1.29 is 0 Å². The third-order valence-corrected chi connectivity index (χ3v) is 6.17. The molecule has 0 saturated carbocycles. The lowest BCUT2D eigenvalue weighted by Crippen LogP contribution is -2.10. The summed E-state index contributed by atoms with van der Waals surface area (Å²) < 4.78 is 0. The molecule has 2 heterocycles. The molecule has 26 heavy (non-hydrogen) atoms. The van der Waals surface area contributed by atoms with E-state index in [9.17, 15) is 0 Å². The van der Waals surface area contributed by atoms with Crippen LogP contribution < -0.4 is 0 Å². The van der Waals surface area contributed by atoms with E-state index in [4.69, 9.17) is 0 Å². The maximum atomic E-state index is 4.46. The summed E-state index contributed by atoms with van der Waals surface area (Å²) in [5, 5.41) is 10.0. The Hall–Kier alpha value is -2.14. The fraction of sp³-hybridized carbons (Fsp3) is 0.429. The Labute approximate surface area is 158 Å². The first-order valence-electron chi connectivity index (χ1n) is 9.24. The van der Waals surface area contributed by atoms with Gasteiger partial charge in [-0.1, -0.05) is 45.0 Å². The summed E-state index contributed by atoms with van der Waals surface area (Å²) in [5.74, 6) is 0.723. The zero-order chi connectivity index (χ0) is 18.1. The van der Waals surface area contributed by atoms with Crippen LogP contribution in [0.5, 0.6) is 0 Å². The molecular formula is C21H24N4S. The van der Waals surface area contributed by atoms with Crippen molar-refractivity contribution in [1.82, 2.24) is 9.97 Å². The molecule has 0 aliphatic heterocycles. The molecule has 0 spiro atoms. The molecule has 3 aromatic rings. The molecule has 134 valence electrons. The van der Waals surface area contributed by atoms with Crippen LogP contribution in [0.3, 0.4) is 0 Å². The molecule has 0 fully saturated rings. The lowest BCUT2D eigenvalue weighted by Gasteiger charge is -2.18. The number of hydrogen-bond donors (Lipinski definition) is 0. The molecule has 4 rings (SSSR count). The SMILES string of the molecule is CC(C)(C)c1ccc(CN=Nc2ncnc3sc4c(c23)CCCC4)cc1. The minimum absolute atomic E-state index is 0.171. The van der Waals surface area contributed by atoms with Gasteiger partial charge in [0.25, 0.3) is 0 Å². The van der Waals surface area contributed by atoms with Gasteiger partial charge < -0.3 is 0 Å². The predicted octanol–water partition coefficient (Wildman–Crippen LogP) is 6.15. The molecule has 4 nitrogen and oxygen atoms in total. The molecule has 0 amide bonds. The van der Waals surface area contributed by atoms with E-state index in [0.29, 0.717) is 6.54 Å². The average Bonchev–Trinajstić information content (AvgIpc) is 3.01. The highest BCUT2D eigenvalue weighted by molar-refractivity contribution is 7.18. The van der Waals surface area contributed by atoms with Crippen molar-refractivity contribution in [3.8, 4) is 0 Å². The number of aryl methyl sites for hydroxylation is 2. The Morgan fingerprint density at radius 1 is 1.04 bits per heavy atom. The molecule has 0 unspecified atom stereocenters. The lowest BCUT2D eigenvalue weighted by molar-refractivity contribution is 0.590. The summed E-state index contributed by atoms with van der Waals surface area (Å²) in [6.07, 6.45) is 6.39. The summed E-state index contributed by atoms with van der Waals surface area (Å²) in [7, 11) is 0. The highest BCUT2D eigenvalue weighted by atomic mass is 32.1. The summed E-state index contributed by atoms with van der Waals surface area (Å²) in [5.41, 5.74) is 4.07. The van der Waals surface area contributed by atoms with Crippen molar-refractivity contribution in [3.05, 3.63) is 52.2 Å². The zero-order valence-corrected chi connectivity index (χ0v) is 16.4. The van der Waals surface area contributed by atoms with Crippen molar-refractivity contribution in [2.75, 3.05) is 0 Å². The lowest BCUT2D eigenvalue weighted by atomic mass is 9.87. The van der Waals surface area contributed by atoms with Crippen LogP contribution >= 0.6 is 11.3 Å². The minimum atomic E-state index is 0.171. The monoisotopic (exact) mass is 364 g/mol. The molecular weight excluding hydrogens is 340 g/mol. The highest BCUT2D eigenvalue weighted by Gasteiger charge is 2.19. The van der Waals surface area contributed by atoms with Gasteiger partial charge in [0.2, 0.25) is 0 Å². The molecule has 2 aromatic heterocycles. The van der Waals surface area contributed by atoms with E-state index in [0.717, 1.165) is 28.9 Å². The number of aromatic nitrogens is 2. The van der Waals surface area contributed by atoms with E-state index in [1.54, 1.807) is 17.7 Å². The van der Waals surface area contributed by atoms with Gasteiger partial charge in [0.15, 0.2) is 5.82 Å². The van der Waals surface area contributed by atoms with Gasteiger partial charge in [-0.25, -0.2) is 9.97 Å². The zero-order valence-electron chi connectivity index (χ0n) is 15.6. The van der Waals surface area contributed by atoms with E-state index in [2.05, 4.69) is 65.2 Å².